The summed E-state index contributed by atoms with van der Waals surface area (Å²) >= 11 is 0. The number of hydrogen-bond donors (Lipinski definition) is 1. The van der Waals surface area contributed by atoms with E-state index in [1.165, 1.54) is 13.8 Å². The van der Waals surface area contributed by atoms with Gasteiger partial charge in [0.1, 0.15) is 12.1 Å². The quantitative estimate of drug-likeness (QED) is 0.596. The highest BCUT2D eigenvalue weighted by molar-refractivity contribution is 7.88. The summed E-state index contributed by atoms with van der Waals surface area (Å²) in [6.45, 7) is 2.24. The van der Waals surface area contributed by atoms with E-state index >= 15 is 0 Å². The lowest BCUT2D eigenvalue weighted by atomic mass is 10.1. The molecule has 1 heterocycles. The normalized spacial score (nSPS) is 22.9. The number of ether oxygens (including phenoxy) is 1. The smallest absolute Gasteiger partial charge is 0.326 e. The molecule has 1 aliphatic heterocycles. The summed E-state index contributed by atoms with van der Waals surface area (Å²) in [5.74, 6) is -1.46. The van der Waals surface area contributed by atoms with Gasteiger partial charge in [-0.25, -0.2) is 4.31 Å². The Kier molecular flexibility index (Phi) is 2.75. The third kappa shape index (κ3) is 2.10. The van der Waals surface area contributed by atoms with Crippen LogP contribution in [0.15, 0.2) is 0 Å². The lowest BCUT2D eigenvalue weighted by Gasteiger charge is -2.13. The third-order valence-electron chi connectivity index (χ3n) is 1.94. The first-order valence-corrected chi connectivity index (χ1v) is 5.57. The van der Waals surface area contributed by atoms with Crippen LogP contribution in [-0.2, 0) is 24.5 Å². The van der Waals surface area contributed by atoms with E-state index in [0.717, 1.165) is 7.11 Å². The molecule has 0 radical (unpaired) electrons. The van der Waals surface area contributed by atoms with Crippen molar-refractivity contribution in [1.82, 2.24) is 9.03 Å². The molecule has 15 heavy (non-hydrogen) atoms. The van der Waals surface area contributed by atoms with E-state index in [-0.39, 0.29) is 0 Å². The van der Waals surface area contributed by atoms with E-state index in [1.807, 2.05) is 0 Å². The van der Waals surface area contributed by atoms with Crippen molar-refractivity contribution >= 4 is 22.1 Å². The molecule has 0 aromatic carbocycles. The van der Waals surface area contributed by atoms with Crippen LogP contribution in [0.3, 0.4) is 0 Å². The van der Waals surface area contributed by atoms with E-state index in [0.29, 0.717) is 4.31 Å². The van der Waals surface area contributed by atoms with E-state index in [2.05, 4.69) is 9.46 Å². The standard InChI is InChI=1S/C7H12N2O5S/c1-7(2)6(11)9(4-5(10)14-3)15(12,13)8-7/h8H,4H2,1-3H3. The van der Waals surface area contributed by atoms with Gasteiger partial charge in [0.2, 0.25) is 0 Å². The van der Waals surface area contributed by atoms with E-state index < -0.39 is 34.2 Å². The van der Waals surface area contributed by atoms with Gasteiger partial charge < -0.3 is 4.74 Å². The van der Waals surface area contributed by atoms with Crippen LogP contribution >= 0.6 is 0 Å². The van der Waals surface area contributed by atoms with Crippen LogP contribution in [0.25, 0.3) is 0 Å². The van der Waals surface area contributed by atoms with Crippen molar-refractivity contribution in [2.75, 3.05) is 13.7 Å². The van der Waals surface area contributed by atoms with Gasteiger partial charge in [-0.15, -0.1) is 0 Å². The summed E-state index contributed by atoms with van der Waals surface area (Å²) in [7, 11) is -2.80. The molecule has 1 amide bonds. The summed E-state index contributed by atoms with van der Waals surface area (Å²) in [6, 6.07) is 0. The van der Waals surface area contributed by atoms with Gasteiger partial charge in [-0.2, -0.15) is 13.1 Å². The van der Waals surface area contributed by atoms with Gasteiger partial charge in [0, 0.05) is 0 Å². The second-order valence-electron chi connectivity index (χ2n) is 3.62. The number of amides is 1. The van der Waals surface area contributed by atoms with Crippen LogP contribution in [0.1, 0.15) is 13.8 Å². The zero-order valence-electron chi connectivity index (χ0n) is 8.60. The molecule has 8 heteroatoms. The number of carbonyl (C=O) groups is 2. The molecular formula is C7H12N2O5S. The maximum atomic E-state index is 11.6. The molecule has 0 atom stereocenters. The monoisotopic (exact) mass is 236 g/mol. The third-order valence-corrected chi connectivity index (χ3v) is 3.58. The first-order chi connectivity index (χ1) is 6.70. The first-order valence-electron chi connectivity index (χ1n) is 4.13. The van der Waals surface area contributed by atoms with Crippen LogP contribution in [0.4, 0.5) is 0 Å². The molecule has 0 spiro atoms. The molecular weight excluding hydrogens is 224 g/mol. The van der Waals surface area contributed by atoms with E-state index in [1.54, 1.807) is 0 Å². The first kappa shape index (κ1) is 11.9. The molecule has 1 aliphatic rings. The van der Waals surface area contributed by atoms with Crippen molar-refractivity contribution in [3.05, 3.63) is 0 Å². The topological polar surface area (TPSA) is 92.8 Å². The Bertz CT molecular complexity index is 400. The number of nitrogens with one attached hydrogen (secondary N) is 1. The number of carbonyl (C=O) groups excluding carboxylic acids is 2. The van der Waals surface area contributed by atoms with E-state index in [9.17, 15) is 18.0 Å². The molecule has 0 unspecified atom stereocenters. The number of nitrogens with zero attached hydrogens (tertiary/aromatic N) is 1. The maximum absolute atomic E-state index is 11.6. The minimum atomic E-state index is -3.92. The predicted molar refractivity (Wildman–Crippen MR) is 49.9 cm³/mol. The molecule has 0 aliphatic carbocycles. The van der Waals surface area contributed by atoms with Gasteiger partial charge in [0.05, 0.1) is 7.11 Å². The molecule has 0 aromatic heterocycles. The molecule has 0 bridgehead atoms. The summed E-state index contributed by atoms with van der Waals surface area (Å²) in [5, 5.41) is 0. The predicted octanol–water partition coefficient (Wildman–Crippen LogP) is -1.39. The highest BCUT2D eigenvalue weighted by Gasteiger charge is 2.49. The van der Waals surface area contributed by atoms with Crippen molar-refractivity contribution in [2.45, 2.75) is 19.4 Å². The van der Waals surface area contributed by atoms with Crippen molar-refractivity contribution in [1.29, 1.82) is 0 Å². The minimum Gasteiger partial charge on any atom is -0.468 e. The summed E-state index contributed by atoms with van der Waals surface area (Å²) in [5.41, 5.74) is -1.22. The van der Waals surface area contributed by atoms with Crippen LogP contribution in [-0.4, -0.2) is 43.8 Å². The van der Waals surface area contributed by atoms with Crippen molar-refractivity contribution in [3.63, 3.8) is 0 Å². The average molecular weight is 236 g/mol. The largest absolute Gasteiger partial charge is 0.468 e. The number of rotatable bonds is 2. The van der Waals surface area contributed by atoms with E-state index in [4.69, 9.17) is 0 Å². The van der Waals surface area contributed by atoms with Gasteiger partial charge >= 0.3 is 16.2 Å². The fraction of sp³-hybridized carbons (Fsp3) is 0.714. The molecule has 7 nitrogen and oxygen atoms in total. The SMILES string of the molecule is COC(=O)CN1C(=O)C(C)(C)NS1(=O)=O. The second kappa shape index (κ2) is 3.46. The van der Waals surface area contributed by atoms with Crippen LogP contribution in [0.2, 0.25) is 0 Å². The van der Waals surface area contributed by atoms with Crippen LogP contribution < -0.4 is 4.72 Å². The fourth-order valence-electron chi connectivity index (χ4n) is 1.18. The summed E-state index contributed by atoms with van der Waals surface area (Å²) < 4.78 is 29.8. The summed E-state index contributed by atoms with van der Waals surface area (Å²) in [6.07, 6.45) is 0. The second-order valence-corrected chi connectivity index (χ2v) is 5.22. The van der Waals surface area contributed by atoms with Gasteiger partial charge in [-0.1, -0.05) is 0 Å². The van der Waals surface area contributed by atoms with Crippen molar-refractivity contribution in [2.24, 2.45) is 0 Å². The Balaban J connectivity index is 2.98. The number of hydrogen-bond acceptors (Lipinski definition) is 5. The van der Waals surface area contributed by atoms with Crippen molar-refractivity contribution in [3.8, 4) is 0 Å². The van der Waals surface area contributed by atoms with Gasteiger partial charge in [-0.3, -0.25) is 9.59 Å². The molecule has 0 aromatic rings. The Morgan fingerprint density at radius 3 is 2.40 bits per heavy atom. The average Bonchev–Trinajstić information content (AvgIpc) is 2.23. The lowest BCUT2D eigenvalue weighted by Crippen LogP contribution is -2.41. The Labute approximate surface area is 87.6 Å². The Morgan fingerprint density at radius 2 is 2.07 bits per heavy atom. The number of methoxy groups -OCH3 is 1. The highest BCUT2D eigenvalue weighted by atomic mass is 32.2. The van der Waals surface area contributed by atoms with Gasteiger partial charge in [0.15, 0.2) is 0 Å². The van der Waals surface area contributed by atoms with Gasteiger partial charge in [0.25, 0.3) is 5.91 Å². The zero-order valence-corrected chi connectivity index (χ0v) is 9.42. The molecule has 0 saturated carbocycles. The fourth-order valence-corrected chi connectivity index (χ4v) is 2.74. The van der Waals surface area contributed by atoms with Crippen molar-refractivity contribution < 1.29 is 22.7 Å². The van der Waals surface area contributed by atoms with Gasteiger partial charge in [-0.05, 0) is 13.8 Å². The van der Waals surface area contributed by atoms with Crippen LogP contribution in [0, 0.1) is 0 Å². The highest BCUT2D eigenvalue weighted by Crippen LogP contribution is 2.20. The summed E-state index contributed by atoms with van der Waals surface area (Å²) in [4.78, 5) is 22.5. The molecule has 86 valence electrons. The molecule has 1 saturated heterocycles. The number of esters is 1. The Hall–Kier alpha value is -1.15. The maximum Gasteiger partial charge on any atom is 0.326 e. The molecule has 1 N–H and O–H groups in total. The Morgan fingerprint density at radius 1 is 1.53 bits per heavy atom. The molecule has 1 rings (SSSR count). The lowest BCUT2D eigenvalue weighted by molar-refractivity contribution is -0.144. The molecule has 1 fully saturated rings. The zero-order chi connectivity index (χ0) is 11.9. The minimum absolute atomic E-state index is 0.471. The van der Waals surface area contributed by atoms with Crippen LogP contribution in [0.5, 0.6) is 0 Å².